The molecule has 0 heterocycles. The summed E-state index contributed by atoms with van der Waals surface area (Å²) in [5.41, 5.74) is 0.792. The summed E-state index contributed by atoms with van der Waals surface area (Å²) in [7, 11) is 0. The molecule has 0 aliphatic rings. The first kappa shape index (κ1) is 12.8. The molecule has 94 valence electrons. The summed E-state index contributed by atoms with van der Waals surface area (Å²) in [6.45, 7) is 4.44. The van der Waals surface area contributed by atoms with Crippen LogP contribution in [0.5, 0.6) is 0 Å². The lowest BCUT2D eigenvalue weighted by Crippen LogP contribution is -2.09. The van der Waals surface area contributed by atoms with E-state index in [0.717, 1.165) is 16.3 Å². The fourth-order valence-corrected chi connectivity index (χ4v) is 1.99. The molecule has 0 fully saturated rings. The van der Waals surface area contributed by atoms with Crippen molar-refractivity contribution in [2.75, 3.05) is 6.61 Å². The van der Waals surface area contributed by atoms with Gasteiger partial charge in [-0.15, -0.1) is 0 Å². The molecule has 2 rings (SSSR count). The second-order valence-electron chi connectivity index (χ2n) is 4.62. The van der Waals surface area contributed by atoms with Gasteiger partial charge in [0.05, 0.1) is 12.7 Å². The van der Waals surface area contributed by atoms with E-state index in [9.17, 15) is 4.79 Å². The molecule has 0 saturated carbocycles. The maximum atomic E-state index is 12.2. The molecule has 0 atom stereocenters. The second-order valence-corrected chi connectivity index (χ2v) is 4.62. The van der Waals surface area contributed by atoms with Gasteiger partial charge in [-0.25, -0.2) is 0 Å². The molecule has 0 bridgehead atoms. The van der Waals surface area contributed by atoms with E-state index in [1.807, 2.05) is 56.3 Å². The lowest BCUT2D eigenvalue weighted by atomic mass is 10.0. The van der Waals surface area contributed by atoms with Crippen molar-refractivity contribution in [1.82, 2.24) is 0 Å². The smallest absolute Gasteiger partial charge is 0.165 e. The molecule has 0 aromatic heterocycles. The van der Waals surface area contributed by atoms with Crippen molar-refractivity contribution in [2.45, 2.75) is 26.4 Å². The van der Waals surface area contributed by atoms with Gasteiger partial charge in [0, 0.05) is 12.0 Å². The van der Waals surface area contributed by atoms with Gasteiger partial charge in [0.2, 0.25) is 0 Å². The van der Waals surface area contributed by atoms with Gasteiger partial charge in [0.1, 0.15) is 0 Å². The Balaban J connectivity index is 2.17. The molecular formula is C16H18O2. The second kappa shape index (κ2) is 5.78. The maximum Gasteiger partial charge on any atom is 0.165 e. The summed E-state index contributed by atoms with van der Waals surface area (Å²) in [5.74, 6) is 0.146. The van der Waals surface area contributed by atoms with Gasteiger partial charge < -0.3 is 4.74 Å². The highest BCUT2D eigenvalue weighted by atomic mass is 16.5. The lowest BCUT2D eigenvalue weighted by Gasteiger charge is -2.08. The van der Waals surface area contributed by atoms with Crippen molar-refractivity contribution >= 4 is 16.6 Å². The molecule has 0 aliphatic heterocycles. The number of hydrogen-bond donors (Lipinski definition) is 0. The molecule has 2 nitrogen and oxygen atoms in total. The first-order chi connectivity index (χ1) is 8.68. The number of rotatable bonds is 5. The van der Waals surface area contributed by atoms with Gasteiger partial charge in [0.15, 0.2) is 5.78 Å². The Morgan fingerprint density at radius 1 is 1.11 bits per heavy atom. The summed E-state index contributed by atoms with van der Waals surface area (Å²) < 4.78 is 5.43. The van der Waals surface area contributed by atoms with Crippen LogP contribution in [0.15, 0.2) is 42.5 Å². The normalized spacial score (nSPS) is 11.1. The van der Waals surface area contributed by atoms with Crippen LogP contribution in [0.4, 0.5) is 0 Å². The van der Waals surface area contributed by atoms with Crippen molar-refractivity contribution in [3.63, 3.8) is 0 Å². The lowest BCUT2D eigenvalue weighted by molar-refractivity contribution is 0.0679. The molecule has 2 aromatic rings. The van der Waals surface area contributed by atoms with Crippen LogP contribution in [0.3, 0.4) is 0 Å². The van der Waals surface area contributed by atoms with Gasteiger partial charge in [-0.1, -0.05) is 42.5 Å². The van der Waals surface area contributed by atoms with Crippen LogP contribution in [-0.2, 0) is 4.74 Å². The van der Waals surface area contributed by atoms with Crippen molar-refractivity contribution in [3.05, 3.63) is 48.0 Å². The van der Waals surface area contributed by atoms with E-state index < -0.39 is 0 Å². The average molecular weight is 242 g/mol. The molecule has 2 heteroatoms. The summed E-state index contributed by atoms with van der Waals surface area (Å²) >= 11 is 0. The zero-order chi connectivity index (χ0) is 13.0. The van der Waals surface area contributed by atoms with E-state index >= 15 is 0 Å². The van der Waals surface area contributed by atoms with Crippen molar-refractivity contribution < 1.29 is 9.53 Å². The summed E-state index contributed by atoms with van der Waals surface area (Å²) in [6.07, 6.45) is 0.608. The molecule has 0 saturated heterocycles. The van der Waals surface area contributed by atoms with Crippen LogP contribution < -0.4 is 0 Å². The zero-order valence-corrected chi connectivity index (χ0v) is 10.8. The van der Waals surface area contributed by atoms with Crippen molar-refractivity contribution in [2.24, 2.45) is 0 Å². The van der Waals surface area contributed by atoms with E-state index in [1.165, 1.54) is 0 Å². The molecule has 0 N–H and O–H groups in total. The van der Waals surface area contributed by atoms with E-state index in [1.54, 1.807) is 0 Å². The number of Topliss-reactive ketones (excluding diaryl/α,β-unsaturated/α-hetero) is 1. The van der Waals surface area contributed by atoms with Crippen LogP contribution in [0.25, 0.3) is 10.8 Å². The summed E-state index contributed by atoms with van der Waals surface area (Å²) in [4.78, 5) is 12.2. The predicted molar refractivity (Wildman–Crippen MR) is 74.0 cm³/mol. The minimum absolute atomic E-state index is 0.146. The highest BCUT2D eigenvalue weighted by Gasteiger charge is 2.09. The Morgan fingerprint density at radius 2 is 1.83 bits per heavy atom. The fraction of sp³-hybridized carbons (Fsp3) is 0.312. The molecule has 0 radical (unpaired) electrons. The Morgan fingerprint density at radius 3 is 2.61 bits per heavy atom. The minimum atomic E-state index is 0.146. The van der Waals surface area contributed by atoms with Gasteiger partial charge in [-0.3, -0.25) is 4.79 Å². The SMILES string of the molecule is CC(C)OCCC(=O)c1cccc2ccccc12. The Labute approximate surface area is 108 Å². The topological polar surface area (TPSA) is 26.3 Å². The number of ether oxygens (including phenoxy) is 1. The van der Waals surface area contributed by atoms with Gasteiger partial charge in [0.25, 0.3) is 0 Å². The number of carbonyl (C=O) groups excluding carboxylic acids is 1. The first-order valence-electron chi connectivity index (χ1n) is 6.31. The van der Waals surface area contributed by atoms with Crippen LogP contribution in [-0.4, -0.2) is 18.5 Å². The number of ketones is 1. The van der Waals surface area contributed by atoms with Gasteiger partial charge in [-0.2, -0.15) is 0 Å². The molecule has 18 heavy (non-hydrogen) atoms. The number of carbonyl (C=O) groups is 1. The maximum absolute atomic E-state index is 12.2. The van der Waals surface area contributed by atoms with Gasteiger partial charge in [-0.05, 0) is 24.6 Å². The third kappa shape index (κ3) is 2.96. The van der Waals surface area contributed by atoms with Crippen molar-refractivity contribution in [3.8, 4) is 0 Å². The number of benzene rings is 2. The molecule has 0 amide bonds. The molecular weight excluding hydrogens is 224 g/mol. The summed E-state index contributed by atoms with van der Waals surface area (Å²) in [6, 6.07) is 13.8. The molecule has 0 spiro atoms. The van der Waals surface area contributed by atoms with E-state index in [-0.39, 0.29) is 11.9 Å². The fourth-order valence-electron chi connectivity index (χ4n) is 1.99. The summed E-state index contributed by atoms with van der Waals surface area (Å²) in [5, 5.41) is 2.13. The quantitative estimate of drug-likeness (QED) is 0.745. The third-order valence-corrected chi connectivity index (χ3v) is 2.87. The van der Waals surface area contributed by atoms with Crippen LogP contribution in [0, 0.1) is 0 Å². The highest BCUT2D eigenvalue weighted by molar-refractivity contribution is 6.08. The van der Waals surface area contributed by atoms with Crippen LogP contribution in [0.2, 0.25) is 0 Å². The highest BCUT2D eigenvalue weighted by Crippen LogP contribution is 2.19. The molecule has 0 unspecified atom stereocenters. The Bertz CT molecular complexity index is 538. The number of fused-ring (bicyclic) bond motifs is 1. The Hall–Kier alpha value is -1.67. The minimum Gasteiger partial charge on any atom is -0.378 e. The molecule has 2 aromatic carbocycles. The zero-order valence-electron chi connectivity index (χ0n) is 10.8. The molecule has 0 aliphatic carbocycles. The largest absolute Gasteiger partial charge is 0.378 e. The van der Waals surface area contributed by atoms with E-state index in [0.29, 0.717) is 13.0 Å². The predicted octanol–water partition coefficient (Wildman–Crippen LogP) is 3.84. The standard InChI is InChI=1S/C16H18O2/c1-12(2)18-11-10-16(17)15-9-5-7-13-6-3-4-8-14(13)15/h3-9,12H,10-11H2,1-2H3. The third-order valence-electron chi connectivity index (χ3n) is 2.87. The average Bonchev–Trinajstić information content (AvgIpc) is 2.37. The Kier molecular flexibility index (Phi) is 4.11. The van der Waals surface area contributed by atoms with E-state index in [2.05, 4.69) is 0 Å². The van der Waals surface area contributed by atoms with Crippen LogP contribution >= 0.6 is 0 Å². The van der Waals surface area contributed by atoms with Crippen LogP contribution in [0.1, 0.15) is 30.6 Å². The van der Waals surface area contributed by atoms with E-state index in [4.69, 9.17) is 4.74 Å². The monoisotopic (exact) mass is 242 g/mol. The van der Waals surface area contributed by atoms with Gasteiger partial charge >= 0.3 is 0 Å². The first-order valence-corrected chi connectivity index (χ1v) is 6.31. The van der Waals surface area contributed by atoms with Crippen molar-refractivity contribution in [1.29, 1.82) is 0 Å². The number of hydrogen-bond acceptors (Lipinski definition) is 2.